The smallest absolute Gasteiger partial charge is 0.0752 e. The van der Waals surface area contributed by atoms with Crippen molar-refractivity contribution in [3.8, 4) is 0 Å². The van der Waals surface area contributed by atoms with Crippen LogP contribution in [0.15, 0.2) is 0 Å². The molecule has 1 N–H and O–H groups in total. The zero-order valence-corrected chi connectivity index (χ0v) is 11.9. The largest absolute Gasteiger partial charge is 0.375 e. The summed E-state index contributed by atoms with van der Waals surface area (Å²) in [4.78, 5) is 2.57. The maximum absolute atomic E-state index is 5.81. The van der Waals surface area contributed by atoms with E-state index in [1.807, 2.05) is 0 Å². The lowest BCUT2D eigenvalue weighted by Crippen LogP contribution is -2.61. The highest BCUT2D eigenvalue weighted by Gasteiger charge is 2.44. The molecule has 0 bridgehead atoms. The third-order valence-electron chi connectivity index (χ3n) is 4.13. The summed E-state index contributed by atoms with van der Waals surface area (Å²) < 4.78 is 5.81. The molecular weight excluding hydrogens is 212 g/mol. The van der Waals surface area contributed by atoms with Crippen molar-refractivity contribution in [2.75, 3.05) is 32.8 Å². The third kappa shape index (κ3) is 3.43. The van der Waals surface area contributed by atoms with Crippen LogP contribution in [-0.4, -0.2) is 48.8 Å². The van der Waals surface area contributed by atoms with E-state index in [0.717, 1.165) is 32.2 Å². The van der Waals surface area contributed by atoms with Crippen molar-refractivity contribution < 1.29 is 4.74 Å². The number of ether oxygens (including phenoxy) is 1. The fourth-order valence-corrected chi connectivity index (χ4v) is 3.20. The van der Waals surface area contributed by atoms with Gasteiger partial charge in [-0.2, -0.15) is 0 Å². The van der Waals surface area contributed by atoms with Gasteiger partial charge in [-0.3, -0.25) is 4.90 Å². The summed E-state index contributed by atoms with van der Waals surface area (Å²) in [5.74, 6) is 0.903. The first-order valence-corrected chi connectivity index (χ1v) is 7.06. The average Bonchev–Trinajstić information content (AvgIpc) is 2.99. The van der Waals surface area contributed by atoms with Gasteiger partial charge in [0.15, 0.2) is 0 Å². The second-order valence-electron chi connectivity index (χ2n) is 6.52. The molecule has 0 spiro atoms. The van der Waals surface area contributed by atoms with E-state index in [-0.39, 0.29) is 5.60 Å². The van der Waals surface area contributed by atoms with E-state index in [9.17, 15) is 0 Å². The molecule has 1 aliphatic heterocycles. The Balaban J connectivity index is 1.89. The van der Waals surface area contributed by atoms with Crippen LogP contribution in [0.3, 0.4) is 0 Å². The van der Waals surface area contributed by atoms with Crippen LogP contribution in [0, 0.1) is 5.92 Å². The maximum Gasteiger partial charge on any atom is 0.0752 e. The Labute approximate surface area is 106 Å². The highest BCUT2D eigenvalue weighted by Crippen LogP contribution is 2.40. The van der Waals surface area contributed by atoms with Gasteiger partial charge in [0, 0.05) is 38.3 Å². The minimum absolute atomic E-state index is 0.0173. The van der Waals surface area contributed by atoms with Crippen LogP contribution in [0.2, 0.25) is 0 Å². The van der Waals surface area contributed by atoms with Crippen molar-refractivity contribution in [3.63, 3.8) is 0 Å². The van der Waals surface area contributed by atoms with Crippen LogP contribution in [0.25, 0.3) is 0 Å². The molecule has 17 heavy (non-hydrogen) atoms. The van der Waals surface area contributed by atoms with Gasteiger partial charge in [-0.15, -0.1) is 0 Å². The fraction of sp³-hybridized carbons (Fsp3) is 1.00. The van der Waals surface area contributed by atoms with Gasteiger partial charge in [-0.1, -0.05) is 0 Å². The van der Waals surface area contributed by atoms with E-state index in [1.54, 1.807) is 0 Å². The van der Waals surface area contributed by atoms with E-state index in [1.165, 1.54) is 19.4 Å². The predicted molar refractivity (Wildman–Crippen MR) is 71.3 cm³/mol. The van der Waals surface area contributed by atoms with Crippen LogP contribution >= 0.6 is 0 Å². The Morgan fingerprint density at radius 1 is 1.41 bits per heavy atom. The molecular formula is C14H28N2O. The highest BCUT2D eigenvalue weighted by molar-refractivity contribution is 5.02. The summed E-state index contributed by atoms with van der Waals surface area (Å²) >= 11 is 0. The zero-order chi connectivity index (χ0) is 12.5. The number of nitrogens with zero attached hydrogens (tertiary/aromatic N) is 1. The summed E-state index contributed by atoms with van der Waals surface area (Å²) in [6.07, 6.45) is 2.82. The molecule has 2 aliphatic rings. The highest BCUT2D eigenvalue weighted by atomic mass is 16.5. The molecule has 0 aromatic heterocycles. The first kappa shape index (κ1) is 13.3. The molecule has 1 heterocycles. The molecule has 1 aliphatic carbocycles. The van der Waals surface area contributed by atoms with Crippen molar-refractivity contribution in [1.82, 2.24) is 10.2 Å². The van der Waals surface area contributed by atoms with E-state index in [2.05, 4.69) is 37.9 Å². The number of rotatable bonds is 5. The monoisotopic (exact) mass is 240 g/mol. The summed E-state index contributed by atoms with van der Waals surface area (Å²) in [5.41, 5.74) is 0.330. The summed E-state index contributed by atoms with van der Waals surface area (Å²) in [5, 5.41) is 3.72. The van der Waals surface area contributed by atoms with Crippen LogP contribution in [-0.2, 0) is 4.74 Å². The van der Waals surface area contributed by atoms with Gasteiger partial charge in [-0.05, 0) is 46.5 Å². The standard InChI is InChI=1S/C14H28N2O/c1-5-17-13(2,3)10-16-9-8-15-14(4,11-16)12-6-7-12/h12,15H,5-11H2,1-4H3. The van der Waals surface area contributed by atoms with Gasteiger partial charge in [0.25, 0.3) is 0 Å². The fourth-order valence-electron chi connectivity index (χ4n) is 3.20. The number of nitrogens with one attached hydrogen (secondary N) is 1. The van der Waals surface area contributed by atoms with Gasteiger partial charge < -0.3 is 10.1 Å². The number of hydrogen-bond acceptors (Lipinski definition) is 3. The molecule has 0 amide bonds. The van der Waals surface area contributed by atoms with Crippen molar-refractivity contribution in [2.45, 2.75) is 51.7 Å². The molecule has 1 atom stereocenters. The molecule has 0 aromatic rings. The molecule has 1 saturated heterocycles. The molecule has 1 saturated carbocycles. The van der Waals surface area contributed by atoms with Gasteiger partial charge in [0.05, 0.1) is 5.60 Å². The van der Waals surface area contributed by atoms with Gasteiger partial charge >= 0.3 is 0 Å². The zero-order valence-electron chi connectivity index (χ0n) is 11.9. The van der Waals surface area contributed by atoms with Crippen molar-refractivity contribution in [3.05, 3.63) is 0 Å². The lowest BCUT2D eigenvalue weighted by Gasteiger charge is -2.44. The topological polar surface area (TPSA) is 24.5 Å². The van der Waals surface area contributed by atoms with Gasteiger partial charge in [0.2, 0.25) is 0 Å². The predicted octanol–water partition coefficient (Wildman–Crippen LogP) is 1.88. The second-order valence-corrected chi connectivity index (χ2v) is 6.52. The Hall–Kier alpha value is -0.120. The van der Waals surface area contributed by atoms with Crippen LogP contribution in [0.5, 0.6) is 0 Å². The number of hydrogen-bond donors (Lipinski definition) is 1. The first-order valence-electron chi connectivity index (χ1n) is 7.06. The quantitative estimate of drug-likeness (QED) is 0.794. The lowest BCUT2D eigenvalue weighted by atomic mass is 9.92. The molecule has 3 heteroatoms. The SMILES string of the molecule is CCOC(C)(C)CN1CCNC(C)(C2CC2)C1. The lowest BCUT2D eigenvalue weighted by molar-refractivity contribution is -0.0437. The minimum atomic E-state index is -0.0173. The second kappa shape index (κ2) is 4.87. The molecule has 2 fully saturated rings. The van der Waals surface area contributed by atoms with Crippen LogP contribution < -0.4 is 5.32 Å². The van der Waals surface area contributed by atoms with Crippen LogP contribution in [0.4, 0.5) is 0 Å². The van der Waals surface area contributed by atoms with Crippen LogP contribution in [0.1, 0.15) is 40.5 Å². The Morgan fingerprint density at radius 2 is 2.12 bits per heavy atom. The normalized spacial score (nSPS) is 31.8. The van der Waals surface area contributed by atoms with E-state index < -0.39 is 0 Å². The Kier molecular flexibility index (Phi) is 3.81. The van der Waals surface area contributed by atoms with Gasteiger partial charge in [0.1, 0.15) is 0 Å². The van der Waals surface area contributed by atoms with Crippen molar-refractivity contribution in [1.29, 1.82) is 0 Å². The van der Waals surface area contributed by atoms with Gasteiger partial charge in [-0.25, -0.2) is 0 Å². The third-order valence-corrected chi connectivity index (χ3v) is 4.13. The first-order chi connectivity index (χ1) is 7.95. The van der Waals surface area contributed by atoms with E-state index >= 15 is 0 Å². The van der Waals surface area contributed by atoms with Crippen molar-refractivity contribution in [2.24, 2.45) is 5.92 Å². The summed E-state index contributed by atoms with van der Waals surface area (Å²) in [6.45, 7) is 14.2. The Bertz CT molecular complexity index is 263. The molecule has 1 unspecified atom stereocenters. The molecule has 0 aromatic carbocycles. The minimum Gasteiger partial charge on any atom is -0.375 e. The molecule has 100 valence electrons. The summed E-state index contributed by atoms with van der Waals surface area (Å²) in [6, 6.07) is 0. The summed E-state index contributed by atoms with van der Waals surface area (Å²) in [7, 11) is 0. The maximum atomic E-state index is 5.81. The average molecular weight is 240 g/mol. The molecule has 2 rings (SSSR count). The molecule has 3 nitrogen and oxygen atoms in total. The van der Waals surface area contributed by atoms with Crippen molar-refractivity contribution >= 4 is 0 Å². The van der Waals surface area contributed by atoms with E-state index in [4.69, 9.17) is 4.74 Å². The number of piperazine rings is 1. The Morgan fingerprint density at radius 3 is 2.71 bits per heavy atom. The van der Waals surface area contributed by atoms with E-state index in [0.29, 0.717) is 5.54 Å². The molecule has 0 radical (unpaired) electrons.